The summed E-state index contributed by atoms with van der Waals surface area (Å²) in [6.45, 7) is 0. The molecule has 22 heavy (non-hydrogen) atoms. The Bertz CT molecular complexity index is 708. The van der Waals surface area contributed by atoms with E-state index in [9.17, 15) is 9.59 Å². The summed E-state index contributed by atoms with van der Waals surface area (Å²) in [6.07, 6.45) is 1.37. The fourth-order valence-electron chi connectivity index (χ4n) is 1.74. The van der Waals surface area contributed by atoms with Crippen molar-refractivity contribution in [2.24, 2.45) is 5.10 Å². The van der Waals surface area contributed by atoms with E-state index in [0.29, 0.717) is 16.7 Å². The number of aromatic hydroxyl groups is 1. The molecule has 2 N–H and O–H groups in total. The van der Waals surface area contributed by atoms with Gasteiger partial charge in [-0.2, -0.15) is 5.10 Å². The van der Waals surface area contributed by atoms with Gasteiger partial charge in [0, 0.05) is 11.1 Å². The molecule has 6 nitrogen and oxygen atoms in total. The van der Waals surface area contributed by atoms with Crippen LogP contribution >= 0.6 is 0 Å². The van der Waals surface area contributed by atoms with E-state index in [0.717, 1.165) is 0 Å². The number of benzene rings is 2. The summed E-state index contributed by atoms with van der Waals surface area (Å²) in [6, 6.07) is 12.5. The lowest BCUT2D eigenvalue weighted by Gasteiger charge is -2.03. The van der Waals surface area contributed by atoms with Gasteiger partial charge in [0.1, 0.15) is 5.75 Å². The molecule has 0 aliphatic carbocycles. The Hall–Kier alpha value is -3.15. The normalized spacial score (nSPS) is 10.4. The monoisotopic (exact) mass is 298 g/mol. The van der Waals surface area contributed by atoms with Gasteiger partial charge < -0.3 is 9.84 Å². The molecule has 2 aromatic carbocycles. The molecule has 1 amide bonds. The maximum atomic E-state index is 11.8. The third kappa shape index (κ3) is 3.69. The second kappa shape index (κ2) is 7.03. The van der Waals surface area contributed by atoms with E-state index < -0.39 is 11.9 Å². The Morgan fingerprint density at radius 1 is 1.14 bits per heavy atom. The number of esters is 1. The Labute approximate surface area is 127 Å². The highest BCUT2D eigenvalue weighted by Crippen LogP contribution is 2.10. The fraction of sp³-hybridized carbons (Fsp3) is 0.0625. The number of carbonyl (C=O) groups excluding carboxylic acids is 2. The number of hydrazone groups is 1. The molecule has 0 aliphatic heterocycles. The van der Waals surface area contributed by atoms with Crippen LogP contribution in [0.3, 0.4) is 0 Å². The van der Waals surface area contributed by atoms with Gasteiger partial charge in [-0.15, -0.1) is 0 Å². The molecule has 2 aromatic rings. The zero-order valence-corrected chi connectivity index (χ0v) is 11.8. The first-order chi connectivity index (χ1) is 10.6. The summed E-state index contributed by atoms with van der Waals surface area (Å²) in [5, 5.41) is 13.0. The van der Waals surface area contributed by atoms with Crippen molar-refractivity contribution in [3.05, 3.63) is 65.2 Å². The van der Waals surface area contributed by atoms with Gasteiger partial charge >= 0.3 is 5.97 Å². The molecule has 0 saturated heterocycles. The van der Waals surface area contributed by atoms with Crippen LogP contribution < -0.4 is 5.43 Å². The van der Waals surface area contributed by atoms with Crippen LogP contribution in [0.1, 0.15) is 26.3 Å². The summed E-state index contributed by atoms with van der Waals surface area (Å²) >= 11 is 0. The van der Waals surface area contributed by atoms with Crippen molar-refractivity contribution in [2.75, 3.05) is 7.11 Å². The smallest absolute Gasteiger partial charge is 0.338 e. The van der Waals surface area contributed by atoms with Crippen LogP contribution in [0, 0.1) is 0 Å². The minimum atomic E-state index is -0.480. The lowest BCUT2D eigenvalue weighted by atomic mass is 10.1. The highest BCUT2D eigenvalue weighted by molar-refractivity contribution is 6.00. The molecule has 0 spiro atoms. The number of amides is 1. The third-order valence-electron chi connectivity index (χ3n) is 2.87. The Morgan fingerprint density at radius 2 is 1.82 bits per heavy atom. The zero-order chi connectivity index (χ0) is 15.9. The molecular formula is C16H14N2O4. The van der Waals surface area contributed by atoms with Crippen molar-refractivity contribution in [3.63, 3.8) is 0 Å². The van der Waals surface area contributed by atoms with E-state index in [2.05, 4.69) is 15.3 Å². The minimum absolute atomic E-state index is 0.0760. The van der Waals surface area contributed by atoms with Crippen molar-refractivity contribution in [3.8, 4) is 5.75 Å². The molecule has 2 rings (SSSR count). The molecule has 0 saturated carbocycles. The van der Waals surface area contributed by atoms with Crippen LogP contribution in [0.25, 0.3) is 0 Å². The van der Waals surface area contributed by atoms with Gasteiger partial charge in [0.25, 0.3) is 5.91 Å². The number of rotatable bonds is 4. The number of phenolic OH excluding ortho intramolecular Hbond substituents is 1. The van der Waals surface area contributed by atoms with Crippen LogP contribution in [-0.4, -0.2) is 30.3 Å². The van der Waals surface area contributed by atoms with Gasteiger partial charge in [0.05, 0.1) is 18.9 Å². The number of carbonyl (C=O) groups is 2. The van der Waals surface area contributed by atoms with E-state index in [1.165, 1.54) is 37.6 Å². The lowest BCUT2D eigenvalue weighted by molar-refractivity contribution is 0.0600. The standard InChI is InChI=1S/C16H14N2O4/c1-22-16(21)14-5-3-2-4-12(14)10-17-18-15(20)11-6-8-13(19)9-7-11/h2-10,19H,1H3,(H,18,20)/b17-10-. The first-order valence-electron chi connectivity index (χ1n) is 6.41. The molecule has 0 aromatic heterocycles. The predicted molar refractivity (Wildman–Crippen MR) is 80.9 cm³/mol. The van der Waals surface area contributed by atoms with Crippen molar-refractivity contribution in [1.82, 2.24) is 5.43 Å². The second-order valence-corrected chi connectivity index (χ2v) is 4.32. The van der Waals surface area contributed by atoms with Gasteiger partial charge in [-0.25, -0.2) is 10.2 Å². The molecule has 0 fully saturated rings. The average molecular weight is 298 g/mol. The molecule has 112 valence electrons. The molecule has 0 heterocycles. The number of nitrogens with zero attached hydrogens (tertiary/aromatic N) is 1. The number of nitrogens with one attached hydrogen (secondary N) is 1. The van der Waals surface area contributed by atoms with Gasteiger partial charge in [0.2, 0.25) is 0 Å². The van der Waals surface area contributed by atoms with E-state index in [-0.39, 0.29) is 5.75 Å². The number of phenols is 1. The summed E-state index contributed by atoms with van der Waals surface area (Å²) in [5.74, 6) is -0.828. The molecule has 0 atom stereocenters. The molecule has 6 heteroatoms. The summed E-state index contributed by atoms with van der Waals surface area (Å²) in [4.78, 5) is 23.4. The van der Waals surface area contributed by atoms with Crippen molar-refractivity contribution < 1.29 is 19.4 Å². The quantitative estimate of drug-likeness (QED) is 0.513. The minimum Gasteiger partial charge on any atom is -0.508 e. The van der Waals surface area contributed by atoms with Crippen LogP contribution in [0.5, 0.6) is 5.75 Å². The number of methoxy groups -OCH3 is 1. The predicted octanol–water partition coefficient (Wildman–Crippen LogP) is 1.94. The van der Waals surface area contributed by atoms with Crippen LogP contribution in [0.15, 0.2) is 53.6 Å². The maximum absolute atomic E-state index is 11.8. The first kappa shape index (κ1) is 15.2. The lowest BCUT2D eigenvalue weighted by Crippen LogP contribution is -2.17. The molecule has 0 bridgehead atoms. The van der Waals surface area contributed by atoms with Crippen LogP contribution in [0.2, 0.25) is 0 Å². The SMILES string of the molecule is COC(=O)c1ccccc1/C=N\NC(=O)c1ccc(O)cc1. The third-order valence-corrected chi connectivity index (χ3v) is 2.87. The Kier molecular flexibility index (Phi) is 4.87. The molecule has 0 aliphatic rings. The average Bonchev–Trinajstić information content (AvgIpc) is 2.55. The van der Waals surface area contributed by atoms with E-state index in [1.54, 1.807) is 24.3 Å². The van der Waals surface area contributed by atoms with Gasteiger partial charge in [-0.3, -0.25) is 4.79 Å². The van der Waals surface area contributed by atoms with Gasteiger partial charge in [-0.1, -0.05) is 18.2 Å². The van der Waals surface area contributed by atoms with Gasteiger partial charge in [-0.05, 0) is 30.3 Å². The first-order valence-corrected chi connectivity index (χ1v) is 6.41. The van der Waals surface area contributed by atoms with Crippen molar-refractivity contribution in [2.45, 2.75) is 0 Å². The molecular weight excluding hydrogens is 284 g/mol. The van der Waals surface area contributed by atoms with E-state index in [1.807, 2.05) is 0 Å². The number of ether oxygens (including phenoxy) is 1. The van der Waals surface area contributed by atoms with Crippen LogP contribution in [-0.2, 0) is 4.74 Å². The zero-order valence-electron chi connectivity index (χ0n) is 11.8. The molecule has 0 unspecified atom stereocenters. The second-order valence-electron chi connectivity index (χ2n) is 4.32. The Morgan fingerprint density at radius 3 is 2.50 bits per heavy atom. The maximum Gasteiger partial charge on any atom is 0.338 e. The highest BCUT2D eigenvalue weighted by atomic mass is 16.5. The van der Waals surface area contributed by atoms with Crippen molar-refractivity contribution >= 4 is 18.1 Å². The highest BCUT2D eigenvalue weighted by Gasteiger charge is 2.09. The summed E-state index contributed by atoms with van der Waals surface area (Å²) in [7, 11) is 1.29. The van der Waals surface area contributed by atoms with E-state index in [4.69, 9.17) is 5.11 Å². The van der Waals surface area contributed by atoms with Crippen molar-refractivity contribution in [1.29, 1.82) is 0 Å². The summed E-state index contributed by atoms with van der Waals surface area (Å²) in [5.41, 5.74) is 3.59. The Balaban J connectivity index is 2.08. The topological polar surface area (TPSA) is 88.0 Å². The molecule has 0 radical (unpaired) electrons. The fourth-order valence-corrected chi connectivity index (χ4v) is 1.74. The van der Waals surface area contributed by atoms with E-state index >= 15 is 0 Å². The summed E-state index contributed by atoms with van der Waals surface area (Å²) < 4.78 is 4.67. The largest absolute Gasteiger partial charge is 0.508 e. The van der Waals surface area contributed by atoms with Gasteiger partial charge in [0.15, 0.2) is 0 Å². The number of hydrogen-bond donors (Lipinski definition) is 2. The number of hydrogen-bond acceptors (Lipinski definition) is 5. The van der Waals surface area contributed by atoms with Crippen LogP contribution in [0.4, 0.5) is 0 Å².